The lowest BCUT2D eigenvalue weighted by atomic mass is 10.3. The highest BCUT2D eigenvalue weighted by molar-refractivity contribution is 5.90. The van der Waals surface area contributed by atoms with Crippen LogP contribution in [0, 0.1) is 5.82 Å². The molecule has 0 fully saturated rings. The Morgan fingerprint density at radius 1 is 1.50 bits per heavy atom. The number of hydrogen-bond donors (Lipinski definition) is 0. The van der Waals surface area contributed by atoms with Crippen LogP contribution in [0.15, 0.2) is 24.3 Å². The molecule has 0 radical (unpaired) electrons. The maximum Gasteiger partial charge on any atom is 0.223 e. The molecule has 0 saturated heterocycles. The highest BCUT2D eigenvalue weighted by Crippen LogP contribution is 2.13. The lowest BCUT2D eigenvalue weighted by molar-refractivity contribution is -0.116. The molecule has 0 bridgehead atoms. The van der Waals surface area contributed by atoms with Crippen LogP contribution in [0.1, 0.15) is 6.92 Å². The van der Waals surface area contributed by atoms with E-state index in [0.29, 0.717) is 5.69 Å². The second-order valence-corrected chi connectivity index (χ2v) is 2.56. The van der Waals surface area contributed by atoms with Gasteiger partial charge in [-0.3, -0.25) is 4.79 Å². The molecule has 0 saturated carbocycles. The number of nitrogens with zero attached hydrogens (tertiary/aromatic N) is 1. The Hall–Kier alpha value is -1.38. The number of carbonyl (C=O) groups is 1. The van der Waals surface area contributed by atoms with Crippen LogP contribution in [0.5, 0.6) is 0 Å². The van der Waals surface area contributed by atoms with Gasteiger partial charge in [-0.15, -0.1) is 0 Å². The normalized spacial score (nSPS) is 9.58. The van der Waals surface area contributed by atoms with E-state index in [1.807, 2.05) is 0 Å². The lowest BCUT2D eigenvalue weighted by Gasteiger charge is -2.14. The maximum atomic E-state index is 12.7. The molecule has 1 rings (SSSR count). The fourth-order valence-corrected chi connectivity index (χ4v) is 0.867. The molecule has 0 atom stereocenters. The SMILES string of the molecule is CC(=O)N(C)c1cccc(F)c1. The van der Waals surface area contributed by atoms with Gasteiger partial charge in [0.1, 0.15) is 5.82 Å². The van der Waals surface area contributed by atoms with Crippen molar-refractivity contribution in [2.75, 3.05) is 11.9 Å². The summed E-state index contributed by atoms with van der Waals surface area (Å²) in [5.74, 6) is -0.443. The molecule has 2 nitrogen and oxygen atoms in total. The maximum absolute atomic E-state index is 12.7. The summed E-state index contributed by atoms with van der Waals surface area (Å²) >= 11 is 0. The number of amides is 1. The molecular formula is C9H10FNO. The molecule has 0 unspecified atom stereocenters. The molecular weight excluding hydrogens is 157 g/mol. The van der Waals surface area contributed by atoms with Crippen molar-refractivity contribution in [1.29, 1.82) is 0 Å². The molecule has 0 heterocycles. The van der Waals surface area contributed by atoms with Gasteiger partial charge in [-0.25, -0.2) is 4.39 Å². The number of anilines is 1. The molecule has 0 aliphatic carbocycles. The lowest BCUT2D eigenvalue weighted by Crippen LogP contribution is -2.22. The van der Waals surface area contributed by atoms with E-state index in [-0.39, 0.29) is 11.7 Å². The standard InChI is InChI=1S/C9H10FNO/c1-7(12)11(2)9-5-3-4-8(10)6-9/h3-6H,1-2H3. The van der Waals surface area contributed by atoms with Crippen LogP contribution >= 0.6 is 0 Å². The van der Waals surface area contributed by atoms with E-state index in [2.05, 4.69) is 0 Å². The topological polar surface area (TPSA) is 20.3 Å². The smallest absolute Gasteiger partial charge is 0.223 e. The van der Waals surface area contributed by atoms with E-state index in [1.54, 1.807) is 19.2 Å². The molecule has 0 aliphatic rings. The molecule has 1 amide bonds. The van der Waals surface area contributed by atoms with Gasteiger partial charge in [0.05, 0.1) is 0 Å². The van der Waals surface area contributed by atoms with Crippen molar-refractivity contribution < 1.29 is 9.18 Å². The third-order valence-corrected chi connectivity index (χ3v) is 1.67. The molecule has 0 spiro atoms. The number of halogens is 1. The predicted octanol–water partition coefficient (Wildman–Crippen LogP) is 1.81. The molecule has 0 N–H and O–H groups in total. The summed E-state index contributed by atoms with van der Waals surface area (Å²) in [6.07, 6.45) is 0. The first-order chi connectivity index (χ1) is 5.61. The number of rotatable bonds is 1. The average molecular weight is 167 g/mol. The number of carbonyl (C=O) groups excluding carboxylic acids is 1. The largest absolute Gasteiger partial charge is 0.316 e. The number of benzene rings is 1. The Morgan fingerprint density at radius 3 is 2.67 bits per heavy atom. The van der Waals surface area contributed by atoms with Crippen molar-refractivity contribution in [2.24, 2.45) is 0 Å². The van der Waals surface area contributed by atoms with E-state index >= 15 is 0 Å². The predicted molar refractivity (Wildman–Crippen MR) is 45.5 cm³/mol. The summed E-state index contributed by atoms with van der Waals surface area (Å²) < 4.78 is 12.7. The van der Waals surface area contributed by atoms with Gasteiger partial charge in [0.25, 0.3) is 0 Å². The third-order valence-electron chi connectivity index (χ3n) is 1.67. The summed E-state index contributed by atoms with van der Waals surface area (Å²) in [5, 5.41) is 0. The Balaban J connectivity index is 2.95. The number of hydrogen-bond acceptors (Lipinski definition) is 1. The van der Waals surface area contributed by atoms with Gasteiger partial charge < -0.3 is 4.90 Å². The minimum atomic E-state index is -0.333. The quantitative estimate of drug-likeness (QED) is 0.624. The van der Waals surface area contributed by atoms with E-state index in [0.717, 1.165) is 0 Å². The van der Waals surface area contributed by atoms with Gasteiger partial charge in [-0.1, -0.05) is 6.07 Å². The van der Waals surface area contributed by atoms with Crippen LogP contribution in [0.2, 0.25) is 0 Å². The summed E-state index contributed by atoms with van der Waals surface area (Å²) in [6, 6.07) is 5.92. The van der Waals surface area contributed by atoms with Crippen LogP contribution < -0.4 is 4.90 Å². The summed E-state index contributed by atoms with van der Waals surface area (Å²) in [4.78, 5) is 12.3. The van der Waals surface area contributed by atoms with Gasteiger partial charge in [0.2, 0.25) is 5.91 Å². The summed E-state index contributed by atoms with van der Waals surface area (Å²) in [5.41, 5.74) is 0.572. The second-order valence-electron chi connectivity index (χ2n) is 2.56. The first kappa shape index (κ1) is 8.71. The zero-order valence-electron chi connectivity index (χ0n) is 7.04. The molecule has 0 aromatic heterocycles. The fourth-order valence-electron chi connectivity index (χ4n) is 0.867. The Labute approximate surface area is 70.6 Å². The monoisotopic (exact) mass is 167 g/mol. The van der Waals surface area contributed by atoms with Gasteiger partial charge in [-0.2, -0.15) is 0 Å². The summed E-state index contributed by atoms with van der Waals surface area (Å²) in [6.45, 7) is 1.44. The molecule has 1 aromatic carbocycles. The molecule has 3 heteroatoms. The van der Waals surface area contributed by atoms with Crippen molar-refractivity contribution in [3.8, 4) is 0 Å². The Morgan fingerprint density at radius 2 is 2.17 bits per heavy atom. The van der Waals surface area contributed by atoms with Gasteiger partial charge >= 0.3 is 0 Å². The van der Waals surface area contributed by atoms with E-state index < -0.39 is 0 Å². The zero-order chi connectivity index (χ0) is 9.14. The second kappa shape index (κ2) is 3.34. The fraction of sp³-hybridized carbons (Fsp3) is 0.222. The Kier molecular flexibility index (Phi) is 2.43. The van der Waals surface area contributed by atoms with Crippen LogP contribution in [0.25, 0.3) is 0 Å². The van der Waals surface area contributed by atoms with Crippen LogP contribution in [-0.4, -0.2) is 13.0 Å². The summed E-state index contributed by atoms with van der Waals surface area (Å²) in [7, 11) is 1.61. The molecule has 1 aromatic rings. The first-order valence-electron chi connectivity index (χ1n) is 3.61. The minimum absolute atomic E-state index is 0.111. The van der Waals surface area contributed by atoms with Gasteiger partial charge in [0.15, 0.2) is 0 Å². The highest BCUT2D eigenvalue weighted by atomic mass is 19.1. The van der Waals surface area contributed by atoms with E-state index in [1.165, 1.54) is 24.0 Å². The van der Waals surface area contributed by atoms with E-state index in [4.69, 9.17) is 0 Å². The highest BCUT2D eigenvalue weighted by Gasteiger charge is 2.04. The van der Waals surface area contributed by atoms with Crippen molar-refractivity contribution >= 4 is 11.6 Å². The van der Waals surface area contributed by atoms with Crippen LogP contribution in [0.3, 0.4) is 0 Å². The van der Waals surface area contributed by atoms with Crippen molar-refractivity contribution in [1.82, 2.24) is 0 Å². The average Bonchev–Trinajstić information content (AvgIpc) is 2.03. The minimum Gasteiger partial charge on any atom is -0.316 e. The van der Waals surface area contributed by atoms with E-state index in [9.17, 15) is 9.18 Å². The van der Waals surface area contributed by atoms with Crippen molar-refractivity contribution in [3.05, 3.63) is 30.1 Å². The first-order valence-corrected chi connectivity index (χ1v) is 3.61. The van der Waals surface area contributed by atoms with Crippen molar-refractivity contribution in [2.45, 2.75) is 6.92 Å². The van der Waals surface area contributed by atoms with Gasteiger partial charge in [-0.05, 0) is 18.2 Å². The molecule has 64 valence electrons. The molecule has 12 heavy (non-hydrogen) atoms. The zero-order valence-corrected chi connectivity index (χ0v) is 7.04. The Bertz CT molecular complexity index is 298. The third kappa shape index (κ3) is 1.81. The van der Waals surface area contributed by atoms with Crippen LogP contribution in [-0.2, 0) is 4.79 Å². The molecule has 0 aliphatic heterocycles. The van der Waals surface area contributed by atoms with Crippen molar-refractivity contribution in [3.63, 3.8) is 0 Å². The van der Waals surface area contributed by atoms with Gasteiger partial charge in [0, 0.05) is 19.7 Å². The van der Waals surface area contributed by atoms with Crippen LogP contribution in [0.4, 0.5) is 10.1 Å².